The zero-order chi connectivity index (χ0) is 15.6. The molecule has 1 fully saturated rings. The first-order valence-corrected chi connectivity index (χ1v) is 8.30. The Hall–Kier alpha value is -1.51. The van der Waals surface area contributed by atoms with Crippen LogP contribution in [0.4, 0.5) is 5.69 Å². The number of hydrogen-bond acceptors (Lipinski definition) is 5. The van der Waals surface area contributed by atoms with Gasteiger partial charge in [0.25, 0.3) is 5.69 Å². The normalized spacial score (nSPS) is 17.8. The van der Waals surface area contributed by atoms with Crippen molar-refractivity contribution in [1.82, 2.24) is 4.90 Å². The van der Waals surface area contributed by atoms with E-state index < -0.39 is 14.9 Å². The second-order valence-electron chi connectivity index (χ2n) is 5.54. The molecule has 21 heavy (non-hydrogen) atoms. The molecule has 0 spiro atoms. The van der Waals surface area contributed by atoms with E-state index in [1.54, 1.807) is 0 Å². The molecule has 2 rings (SSSR count). The van der Waals surface area contributed by atoms with Crippen LogP contribution in [0.15, 0.2) is 23.1 Å². The standard InChI is InChI=1S/C13H19N3O4S/c1-15-6-4-10(5-7-15)8-11-2-3-12(21(14,19)20)9-13(11)16(17)18/h2-3,9-10H,4-8H2,1H3,(H2,14,19,20). The number of nitrogens with two attached hydrogens (primary N) is 1. The van der Waals surface area contributed by atoms with Crippen molar-refractivity contribution in [2.24, 2.45) is 11.1 Å². The van der Waals surface area contributed by atoms with Crippen molar-refractivity contribution in [1.29, 1.82) is 0 Å². The fraction of sp³-hybridized carbons (Fsp3) is 0.538. The Kier molecular flexibility index (Phi) is 4.60. The van der Waals surface area contributed by atoms with Gasteiger partial charge in [-0.3, -0.25) is 10.1 Å². The molecule has 0 radical (unpaired) electrons. The third kappa shape index (κ3) is 3.99. The third-order valence-electron chi connectivity index (χ3n) is 3.93. The molecule has 7 nitrogen and oxygen atoms in total. The Labute approximate surface area is 123 Å². The molecule has 0 amide bonds. The summed E-state index contributed by atoms with van der Waals surface area (Å²) in [5.41, 5.74) is 0.405. The van der Waals surface area contributed by atoms with Crippen LogP contribution in [0.3, 0.4) is 0 Å². The summed E-state index contributed by atoms with van der Waals surface area (Å²) in [6.45, 7) is 1.96. The van der Waals surface area contributed by atoms with E-state index in [0.29, 0.717) is 17.9 Å². The Balaban J connectivity index is 2.25. The van der Waals surface area contributed by atoms with E-state index in [2.05, 4.69) is 11.9 Å². The maximum Gasteiger partial charge on any atom is 0.273 e. The first kappa shape index (κ1) is 15.9. The first-order valence-electron chi connectivity index (χ1n) is 6.76. The lowest BCUT2D eigenvalue weighted by Crippen LogP contribution is -2.31. The minimum atomic E-state index is -3.93. The summed E-state index contributed by atoms with van der Waals surface area (Å²) in [6.07, 6.45) is 2.57. The number of primary sulfonamides is 1. The van der Waals surface area contributed by atoms with Gasteiger partial charge in [-0.1, -0.05) is 6.07 Å². The van der Waals surface area contributed by atoms with Crippen LogP contribution in [-0.4, -0.2) is 38.4 Å². The van der Waals surface area contributed by atoms with Crippen molar-refractivity contribution < 1.29 is 13.3 Å². The van der Waals surface area contributed by atoms with Gasteiger partial charge >= 0.3 is 0 Å². The van der Waals surface area contributed by atoms with Crippen LogP contribution < -0.4 is 5.14 Å². The number of nitro benzene ring substituents is 1. The average molecular weight is 313 g/mol. The summed E-state index contributed by atoms with van der Waals surface area (Å²) >= 11 is 0. The van der Waals surface area contributed by atoms with E-state index in [1.807, 2.05) is 0 Å². The SMILES string of the molecule is CN1CCC(Cc2ccc(S(N)(=O)=O)cc2[N+](=O)[O-])CC1. The number of likely N-dealkylation sites (tertiary alicyclic amines) is 1. The van der Waals surface area contributed by atoms with E-state index in [-0.39, 0.29) is 10.6 Å². The van der Waals surface area contributed by atoms with Crippen molar-refractivity contribution in [3.63, 3.8) is 0 Å². The van der Waals surface area contributed by atoms with E-state index in [9.17, 15) is 18.5 Å². The van der Waals surface area contributed by atoms with Crippen molar-refractivity contribution >= 4 is 15.7 Å². The van der Waals surface area contributed by atoms with Gasteiger partial charge in [0, 0.05) is 11.6 Å². The fourth-order valence-electron chi connectivity index (χ4n) is 2.64. The Morgan fingerprint density at radius 2 is 2.00 bits per heavy atom. The molecule has 0 unspecified atom stereocenters. The molecular formula is C13H19N3O4S. The molecule has 1 aliphatic rings. The summed E-state index contributed by atoms with van der Waals surface area (Å²) < 4.78 is 22.6. The molecule has 0 atom stereocenters. The number of rotatable bonds is 4. The van der Waals surface area contributed by atoms with Crippen LogP contribution >= 0.6 is 0 Å². The summed E-state index contributed by atoms with van der Waals surface area (Å²) in [5, 5.41) is 16.2. The Bertz CT molecular complexity index is 637. The maximum atomic E-state index is 11.3. The molecular weight excluding hydrogens is 294 g/mol. The molecule has 1 aromatic rings. The highest BCUT2D eigenvalue weighted by Crippen LogP contribution is 2.28. The predicted molar refractivity (Wildman–Crippen MR) is 78.4 cm³/mol. The summed E-state index contributed by atoms with van der Waals surface area (Å²) in [6, 6.07) is 3.91. The second-order valence-corrected chi connectivity index (χ2v) is 7.10. The van der Waals surface area contributed by atoms with E-state index in [4.69, 9.17) is 5.14 Å². The lowest BCUT2D eigenvalue weighted by molar-refractivity contribution is -0.385. The van der Waals surface area contributed by atoms with Crippen LogP contribution in [0, 0.1) is 16.0 Å². The lowest BCUT2D eigenvalue weighted by Gasteiger charge is -2.28. The largest absolute Gasteiger partial charge is 0.306 e. The highest BCUT2D eigenvalue weighted by atomic mass is 32.2. The Morgan fingerprint density at radius 1 is 1.38 bits per heavy atom. The maximum absolute atomic E-state index is 11.3. The third-order valence-corrected chi connectivity index (χ3v) is 4.84. The average Bonchev–Trinajstić information content (AvgIpc) is 2.40. The van der Waals surface area contributed by atoms with Gasteiger partial charge in [-0.2, -0.15) is 0 Å². The topological polar surface area (TPSA) is 107 Å². The summed E-state index contributed by atoms with van der Waals surface area (Å²) in [5.74, 6) is 0.389. The lowest BCUT2D eigenvalue weighted by atomic mass is 9.90. The second kappa shape index (κ2) is 6.08. The van der Waals surface area contributed by atoms with Crippen LogP contribution in [0.25, 0.3) is 0 Å². The van der Waals surface area contributed by atoms with Crippen LogP contribution in [-0.2, 0) is 16.4 Å². The summed E-state index contributed by atoms with van der Waals surface area (Å²) in [7, 11) is -1.87. The number of sulfonamides is 1. The van der Waals surface area contributed by atoms with Gasteiger partial charge < -0.3 is 4.90 Å². The number of benzene rings is 1. The molecule has 0 aromatic heterocycles. The zero-order valence-electron chi connectivity index (χ0n) is 11.9. The highest BCUT2D eigenvalue weighted by molar-refractivity contribution is 7.89. The minimum absolute atomic E-state index is 0.166. The molecule has 1 aromatic carbocycles. The van der Waals surface area contributed by atoms with E-state index in [1.165, 1.54) is 12.1 Å². The molecule has 0 bridgehead atoms. The number of nitrogens with zero attached hydrogens (tertiary/aromatic N) is 2. The molecule has 0 saturated carbocycles. The van der Waals surface area contributed by atoms with Gasteiger partial charge in [-0.15, -0.1) is 0 Å². The number of nitro groups is 1. The zero-order valence-corrected chi connectivity index (χ0v) is 12.7. The molecule has 1 aliphatic heterocycles. The smallest absolute Gasteiger partial charge is 0.273 e. The molecule has 1 saturated heterocycles. The van der Waals surface area contributed by atoms with Crippen LogP contribution in [0.2, 0.25) is 0 Å². The van der Waals surface area contributed by atoms with Gasteiger partial charge in [-0.05, 0) is 51.4 Å². The molecule has 8 heteroatoms. The molecule has 1 heterocycles. The van der Waals surface area contributed by atoms with Crippen molar-refractivity contribution in [3.05, 3.63) is 33.9 Å². The monoisotopic (exact) mass is 313 g/mol. The van der Waals surface area contributed by atoms with Crippen molar-refractivity contribution in [2.45, 2.75) is 24.2 Å². The molecule has 0 aliphatic carbocycles. The van der Waals surface area contributed by atoms with Crippen LogP contribution in [0.1, 0.15) is 18.4 Å². The number of hydrogen-bond donors (Lipinski definition) is 1. The minimum Gasteiger partial charge on any atom is -0.306 e. The predicted octanol–water partition coefficient (Wildman–Crippen LogP) is 1.13. The Morgan fingerprint density at radius 3 is 2.52 bits per heavy atom. The van der Waals surface area contributed by atoms with E-state index in [0.717, 1.165) is 32.0 Å². The number of piperidine rings is 1. The van der Waals surface area contributed by atoms with Gasteiger partial charge in [-0.25, -0.2) is 13.6 Å². The van der Waals surface area contributed by atoms with Crippen molar-refractivity contribution in [3.8, 4) is 0 Å². The quantitative estimate of drug-likeness (QED) is 0.662. The van der Waals surface area contributed by atoms with E-state index >= 15 is 0 Å². The highest BCUT2D eigenvalue weighted by Gasteiger charge is 2.23. The van der Waals surface area contributed by atoms with Gasteiger partial charge in [0.1, 0.15) is 0 Å². The van der Waals surface area contributed by atoms with Gasteiger partial charge in [0.2, 0.25) is 10.0 Å². The molecule has 2 N–H and O–H groups in total. The molecule has 116 valence electrons. The first-order chi connectivity index (χ1) is 9.77. The van der Waals surface area contributed by atoms with Crippen LogP contribution in [0.5, 0.6) is 0 Å². The summed E-state index contributed by atoms with van der Waals surface area (Å²) in [4.78, 5) is 12.6. The van der Waals surface area contributed by atoms with Gasteiger partial charge in [0.15, 0.2) is 0 Å². The fourth-order valence-corrected chi connectivity index (χ4v) is 3.17. The van der Waals surface area contributed by atoms with Crippen molar-refractivity contribution in [2.75, 3.05) is 20.1 Å². The van der Waals surface area contributed by atoms with Gasteiger partial charge in [0.05, 0.1) is 9.82 Å².